The smallest absolute Gasteiger partial charge is 0.306 e. The highest BCUT2D eigenvalue weighted by molar-refractivity contribution is 6.22. The van der Waals surface area contributed by atoms with Crippen LogP contribution in [-0.2, 0) is 0 Å². The Morgan fingerprint density at radius 3 is 2.32 bits per heavy atom. The summed E-state index contributed by atoms with van der Waals surface area (Å²) >= 11 is 6.37. The molecule has 1 heterocycles. The largest absolute Gasteiger partial charge is 0.323 e. The molecular formula is C14H10ClFN2O. The van der Waals surface area contributed by atoms with Crippen molar-refractivity contribution in [2.24, 2.45) is 0 Å². The van der Waals surface area contributed by atoms with E-state index < -0.39 is 0 Å². The Hall–Kier alpha value is -2.07. The number of alkyl halides is 1. The third-order valence-corrected chi connectivity index (χ3v) is 3.50. The summed E-state index contributed by atoms with van der Waals surface area (Å²) < 4.78 is 12.9. The van der Waals surface area contributed by atoms with E-state index in [9.17, 15) is 9.18 Å². The fourth-order valence-electron chi connectivity index (χ4n) is 2.03. The van der Waals surface area contributed by atoms with Crippen LogP contribution < -0.4 is 5.69 Å². The summed E-state index contributed by atoms with van der Waals surface area (Å²) in [7, 11) is 0. The lowest BCUT2D eigenvalue weighted by atomic mass is 10.0. The average Bonchev–Trinajstić information content (AvgIpc) is 2.77. The van der Waals surface area contributed by atoms with E-state index in [1.54, 1.807) is 18.2 Å². The molecular weight excluding hydrogens is 267 g/mol. The van der Waals surface area contributed by atoms with Crippen molar-refractivity contribution in [3.05, 3.63) is 69.9 Å². The maximum Gasteiger partial charge on any atom is 0.323 e. The fourth-order valence-corrected chi connectivity index (χ4v) is 2.31. The first-order valence-corrected chi connectivity index (χ1v) is 6.18. The molecule has 0 amide bonds. The second kappa shape index (κ2) is 4.55. The Balaban J connectivity index is 2.03. The lowest BCUT2D eigenvalue weighted by Gasteiger charge is -2.10. The monoisotopic (exact) mass is 276 g/mol. The molecule has 1 unspecified atom stereocenters. The van der Waals surface area contributed by atoms with Crippen LogP contribution in [0.5, 0.6) is 0 Å². The van der Waals surface area contributed by atoms with Crippen LogP contribution in [0.15, 0.2) is 47.3 Å². The minimum absolute atomic E-state index is 0.250. The second-order valence-electron chi connectivity index (χ2n) is 4.30. The van der Waals surface area contributed by atoms with Gasteiger partial charge in [-0.15, -0.1) is 11.6 Å². The number of H-pyrrole nitrogens is 2. The highest BCUT2D eigenvalue weighted by atomic mass is 35.5. The number of halogens is 2. The van der Waals surface area contributed by atoms with Crippen molar-refractivity contribution in [2.45, 2.75) is 5.38 Å². The maximum atomic E-state index is 12.9. The highest BCUT2D eigenvalue weighted by Crippen LogP contribution is 2.29. The minimum atomic E-state index is -0.386. The van der Waals surface area contributed by atoms with Gasteiger partial charge in [0, 0.05) is 0 Å². The molecule has 0 radical (unpaired) electrons. The Labute approximate surface area is 113 Å². The van der Waals surface area contributed by atoms with Crippen molar-refractivity contribution >= 4 is 22.6 Å². The van der Waals surface area contributed by atoms with Crippen molar-refractivity contribution < 1.29 is 4.39 Å². The number of nitrogens with one attached hydrogen (secondary N) is 2. The van der Waals surface area contributed by atoms with Gasteiger partial charge in [0.15, 0.2) is 0 Å². The van der Waals surface area contributed by atoms with E-state index in [1.807, 2.05) is 12.1 Å². The normalized spacial score (nSPS) is 12.7. The van der Waals surface area contributed by atoms with Gasteiger partial charge in [-0.3, -0.25) is 0 Å². The summed E-state index contributed by atoms with van der Waals surface area (Å²) in [5, 5.41) is -0.386. The lowest BCUT2D eigenvalue weighted by molar-refractivity contribution is 0.627. The molecule has 19 heavy (non-hydrogen) atoms. The zero-order valence-electron chi connectivity index (χ0n) is 9.78. The van der Waals surface area contributed by atoms with Crippen molar-refractivity contribution in [3.63, 3.8) is 0 Å². The molecule has 0 fully saturated rings. The zero-order valence-corrected chi connectivity index (χ0v) is 10.5. The number of rotatable bonds is 2. The molecule has 1 atom stereocenters. The number of hydrogen-bond donors (Lipinski definition) is 2. The van der Waals surface area contributed by atoms with Crippen LogP contribution in [-0.4, -0.2) is 9.97 Å². The molecule has 0 saturated carbocycles. The molecule has 1 aromatic heterocycles. The first kappa shape index (κ1) is 12.0. The summed E-state index contributed by atoms with van der Waals surface area (Å²) in [4.78, 5) is 16.5. The van der Waals surface area contributed by atoms with Crippen molar-refractivity contribution in [1.82, 2.24) is 9.97 Å². The predicted molar refractivity (Wildman–Crippen MR) is 73.0 cm³/mol. The van der Waals surface area contributed by atoms with E-state index in [4.69, 9.17) is 11.6 Å². The van der Waals surface area contributed by atoms with E-state index in [0.717, 1.165) is 16.6 Å². The Morgan fingerprint density at radius 1 is 0.947 bits per heavy atom. The standard InChI is InChI=1S/C14H10ClFN2O/c15-13(8-1-4-10(16)5-2-8)9-3-6-11-12(7-9)18-14(19)17-11/h1-7,13H,(H2,17,18,19). The molecule has 2 aromatic carbocycles. The molecule has 0 aliphatic rings. The molecule has 3 nitrogen and oxygen atoms in total. The van der Waals surface area contributed by atoms with Gasteiger partial charge in [-0.1, -0.05) is 18.2 Å². The van der Waals surface area contributed by atoms with Gasteiger partial charge in [-0.25, -0.2) is 9.18 Å². The lowest BCUT2D eigenvalue weighted by Crippen LogP contribution is -1.99. The van der Waals surface area contributed by atoms with Gasteiger partial charge >= 0.3 is 5.69 Å². The fraction of sp³-hybridized carbons (Fsp3) is 0.0714. The van der Waals surface area contributed by atoms with Crippen LogP contribution in [0.25, 0.3) is 11.0 Å². The van der Waals surface area contributed by atoms with Crippen LogP contribution in [0.1, 0.15) is 16.5 Å². The molecule has 3 rings (SSSR count). The number of imidazole rings is 1. The van der Waals surface area contributed by atoms with Crippen LogP contribution in [0.3, 0.4) is 0 Å². The van der Waals surface area contributed by atoms with Gasteiger partial charge in [0.05, 0.1) is 16.4 Å². The van der Waals surface area contributed by atoms with E-state index in [-0.39, 0.29) is 16.9 Å². The molecule has 0 aliphatic carbocycles. The molecule has 0 bridgehead atoms. The number of aromatic amines is 2. The van der Waals surface area contributed by atoms with Crippen molar-refractivity contribution in [3.8, 4) is 0 Å². The summed E-state index contributed by atoms with van der Waals surface area (Å²) in [5.41, 5.74) is 2.84. The summed E-state index contributed by atoms with van der Waals surface area (Å²) in [6.45, 7) is 0. The van der Waals surface area contributed by atoms with E-state index >= 15 is 0 Å². The van der Waals surface area contributed by atoms with Crippen molar-refractivity contribution in [1.29, 1.82) is 0 Å². The third kappa shape index (κ3) is 2.27. The maximum absolute atomic E-state index is 12.9. The molecule has 2 N–H and O–H groups in total. The van der Waals surface area contributed by atoms with Gasteiger partial charge in [0.25, 0.3) is 0 Å². The molecule has 0 spiro atoms. The zero-order chi connectivity index (χ0) is 13.4. The quantitative estimate of drug-likeness (QED) is 0.693. The molecule has 96 valence electrons. The van der Waals surface area contributed by atoms with Gasteiger partial charge < -0.3 is 9.97 Å². The Morgan fingerprint density at radius 2 is 1.58 bits per heavy atom. The van der Waals surface area contributed by atoms with Gasteiger partial charge in [0.2, 0.25) is 0 Å². The number of hydrogen-bond acceptors (Lipinski definition) is 1. The minimum Gasteiger partial charge on any atom is -0.306 e. The first-order chi connectivity index (χ1) is 9.13. The molecule has 0 saturated heterocycles. The van der Waals surface area contributed by atoms with Crippen LogP contribution in [0.4, 0.5) is 4.39 Å². The number of aromatic nitrogens is 2. The number of fused-ring (bicyclic) bond motifs is 1. The Kier molecular flexibility index (Phi) is 2.87. The van der Waals surface area contributed by atoms with Crippen LogP contribution in [0, 0.1) is 5.82 Å². The molecule has 0 aliphatic heterocycles. The SMILES string of the molecule is O=c1[nH]c2ccc(C(Cl)c3ccc(F)cc3)cc2[nH]1. The van der Waals surface area contributed by atoms with Crippen LogP contribution >= 0.6 is 11.6 Å². The molecule has 5 heteroatoms. The van der Waals surface area contributed by atoms with E-state index in [2.05, 4.69) is 9.97 Å². The third-order valence-electron chi connectivity index (χ3n) is 3.00. The summed E-state index contributed by atoms with van der Waals surface area (Å²) in [5.74, 6) is -0.293. The highest BCUT2D eigenvalue weighted by Gasteiger charge is 2.12. The molecule has 3 aromatic rings. The summed E-state index contributed by atoms with van der Waals surface area (Å²) in [6.07, 6.45) is 0. The Bertz CT molecular complexity index is 776. The van der Waals surface area contributed by atoms with E-state index in [1.165, 1.54) is 12.1 Å². The first-order valence-electron chi connectivity index (χ1n) is 5.75. The van der Waals surface area contributed by atoms with Gasteiger partial charge in [-0.2, -0.15) is 0 Å². The van der Waals surface area contributed by atoms with Crippen LogP contribution in [0.2, 0.25) is 0 Å². The summed E-state index contributed by atoms with van der Waals surface area (Å²) in [6, 6.07) is 11.5. The topological polar surface area (TPSA) is 48.6 Å². The number of benzene rings is 2. The van der Waals surface area contributed by atoms with Gasteiger partial charge in [0.1, 0.15) is 5.82 Å². The van der Waals surface area contributed by atoms with Gasteiger partial charge in [-0.05, 0) is 35.4 Å². The van der Waals surface area contributed by atoms with Crippen molar-refractivity contribution in [2.75, 3.05) is 0 Å². The predicted octanol–water partition coefficient (Wildman–Crippen LogP) is 3.32. The van der Waals surface area contributed by atoms with E-state index in [0.29, 0.717) is 5.52 Å². The average molecular weight is 277 g/mol. The second-order valence-corrected chi connectivity index (χ2v) is 4.73.